The second-order valence-corrected chi connectivity index (χ2v) is 16.9. The van der Waals surface area contributed by atoms with Crippen molar-refractivity contribution in [2.45, 2.75) is 31.6 Å². The summed E-state index contributed by atoms with van der Waals surface area (Å²) in [5.74, 6) is 0.254. The zero-order valence-corrected chi connectivity index (χ0v) is 32.3. The van der Waals surface area contributed by atoms with Crippen LogP contribution in [-0.4, -0.2) is 15.1 Å². The van der Waals surface area contributed by atoms with Crippen molar-refractivity contribution in [1.29, 1.82) is 0 Å². The summed E-state index contributed by atoms with van der Waals surface area (Å²) in [6.45, 7) is 4.79. The largest absolute Gasteiger partial charge is 0.292 e. The van der Waals surface area contributed by atoms with Crippen molar-refractivity contribution < 1.29 is 0 Å². The third kappa shape index (κ3) is 4.33. The number of pyridine rings is 1. The second-order valence-electron chi connectivity index (χ2n) is 16.9. The number of aliphatic imine (C=N–C) groups is 1. The minimum absolute atomic E-state index is 0.161. The van der Waals surface area contributed by atoms with Gasteiger partial charge in [0.15, 0.2) is 0 Å². The van der Waals surface area contributed by atoms with Crippen molar-refractivity contribution in [2.75, 3.05) is 0 Å². The molecule has 1 unspecified atom stereocenters. The van der Waals surface area contributed by atoms with E-state index in [0.717, 1.165) is 28.8 Å². The number of fused-ring (bicyclic) bond motifs is 18. The number of rotatable bonds is 2. The van der Waals surface area contributed by atoms with E-state index in [-0.39, 0.29) is 11.3 Å². The Balaban J connectivity index is 0.897. The van der Waals surface area contributed by atoms with E-state index in [1.807, 2.05) is 0 Å². The molecule has 2 aromatic heterocycles. The molecule has 0 saturated carbocycles. The molecule has 8 aromatic carbocycles. The Bertz CT molecular complexity index is 3470. The van der Waals surface area contributed by atoms with Gasteiger partial charge in [-0.05, 0) is 121 Å². The van der Waals surface area contributed by atoms with Crippen LogP contribution in [0.5, 0.6) is 0 Å². The van der Waals surface area contributed by atoms with Crippen LogP contribution in [0.1, 0.15) is 47.6 Å². The molecule has 2 aliphatic carbocycles. The normalized spacial score (nSPS) is 15.8. The van der Waals surface area contributed by atoms with Gasteiger partial charge in [-0.1, -0.05) is 141 Å². The zero-order valence-electron chi connectivity index (χ0n) is 32.3. The molecule has 0 amide bonds. The lowest BCUT2D eigenvalue weighted by Gasteiger charge is -2.23. The van der Waals surface area contributed by atoms with Crippen LogP contribution in [0.25, 0.3) is 82.9 Å². The molecule has 3 nitrogen and oxygen atoms in total. The number of para-hydroxylation sites is 3. The van der Waals surface area contributed by atoms with E-state index >= 15 is 0 Å². The first kappa shape index (κ1) is 32.0. The number of aromatic nitrogens is 2. The van der Waals surface area contributed by atoms with Crippen LogP contribution in [0, 0.1) is 0 Å². The Morgan fingerprint density at radius 1 is 0.500 bits per heavy atom. The van der Waals surface area contributed by atoms with Crippen LogP contribution < -0.4 is 0 Å². The van der Waals surface area contributed by atoms with Crippen LogP contribution >= 0.6 is 0 Å². The third-order valence-electron chi connectivity index (χ3n) is 13.5. The lowest BCUT2D eigenvalue weighted by Crippen LogP contribution is -2.15. The number of hydrogen-bond acceptors (Lipinski definition) is 2. The van der Waals surface area contributed by atoms with Crippen LogP contribution in [0.2, 0.25) is 0 Å². The fraction of sp³-hybridized carbons (Fsp3) is 0.0909. The quantitative estimate of drug-likeness (QED) is 0.162. The topological polar surface area (TPSA) is 29.7 Å². The number of imidazole rings is 1. The maximum Gasteiger partial charge on any atom is 0.146 e. The fourth-order valence-corrected chi connectivity index (χ4v) is 10.6. The van der Waals surface area contributed by atoms with Gasteiger partial charge in [-0.3, -0.25) is 9.39 Å². The van der Waals surface area contributed by atoms with Gasteiger partial charge in [0, 0.05) is 27.7 Å². The molecule has 1 aliphatic heterocycles. The van der Waals surface area contributed by atoms with Gasteiger partial charge in [-0.15, -0.1) is 0 Å². The van der Waals surface area contributed by atoms with Crippen LogP contribution in [-0.2, 0) is 11.8 Å². The minimum Gasteiger partial charge on any atom is -0.292 e. The first-order chi connectivity index (χ1) is 28.5. The van der Waals surface area contributed by atoms with Gasteiger partial charge in [0.1, 0.15) is 5.65 Å². The molecule has 3 heteroatoms. The summed E-state index contributed by atoms with van der Waals surface area (Å²) in [4.78, 5) is 10.3. The van der Waals surface area contributed by atoms with E-state index in [0.29, 0.717) is 0 Å². The maximum absolute atomic E-state index is 5.20. The predicted molar refractivity (Wildman–Crippen MR) is 241 cm³/mol. The van der Waals surface area contributed by atoms with E-state index < -0.39 is 0 Å². The van der Waals surface area contributed by atoms with Gasteiger partial charge in [-0.25, -0.2) is 4.98 Å². The maximum atomic E-state index is 5.20. The Kier molecular flexibility index (Phi) is 6.35. The highest BCUT2D eigenvalue weighted by Crippen LogP contribution is 2.52. The van der Waals surface area contributed by atoms with E-state index in [1.165, 1.54) is 99.7 Å². The highest BCUT2D eigenvalue weighted by Gasteiger charge is 2.37. The van der Waals surface area contributed by atoms with Gasteiger partial charge >= 0.3 is 0 Å². The van der Waals surface area contributed by atoms with Crippen molar-refractivity contribution in [3.63, 3.8) is 0 Å². The molecule has 3 heterocycles. The Morgan fingerprint density at radius 2 is 1.12 bits per heavy atom. The summed E-state index contributed by atoms with van der Waals surface area (Å²) in [5, 5.41) is 3.64. The molecule has 0 radical (unpaired) electrons. The summed E-state index contributed by atoms with van der Waals surface area (Å²) in [6, 6.07) is 63.0. The molecule has 13 rings (SSSR count). The molecule has 1 atom stereocenters. The first-order valence-electron chi connectivity index (χ1n) is 20.4. The van der Waals surface area contributed by atoms with E-state index in [2.05, 4.69) is 188 Å². The van der Waals surface area contributed by atoms with Crippen molar-refractivity contribution >= 4 is 49.8 Å². The van der Waals surface area contributed by atoms with Crippen molar-refractivity contribution in [3.8, 4) is 44.5 Å². The van der Waals surface area contributed by atoms with Crippen LogP contribution in [0.15, 0.2) is 175 Å². The minimum atomic E-state index is -0.161. The van der Waals surface area contributed by atoms with E-state index in [9.17, 15) is 0 Å². The van der Waals surface area contributed by atoms with Crippen molar-refractivity contribution in [3.05, 3.63) is 198 Å². The SMILES string of the molecule is CC1(C)c2cc(-c3ccc4c(c3)CC3C(=Nc5ccccc53)c3ccccc3-4)ccc2-c2ccc(-c3ccc4c(c3)c3ccccc3c3nc5ccccc5n43)cc21. The first-order valence-corrected chi connectivity index (χ1v) is 20.4. The molecular weight excluding hydrogens is 703 g/mol. The monoisotopic (exact) mass is 739 g/mol. The average molecular weight is 740 g/mol. The number of nitrogens with zero attached hydrogens (tertiary/aromatic N) is 3. The highest BCUT2D eigenvalue weighted by atomic mass is 15.0. The van der Waals surface area contributed by atoms with Crippen LogP contribution in [0.4, 0.5) is 5.69 Å². The lowest BCUT2D eigenvalue weighted by molar-refractivity contribution is 0.661. The van der Waals surface area contributed by atoms with Gasteiger partial charge in [0.05, 0.1) is 27.9 Å². The van der Waals surface area contributed by atoms with Crippen molar-refractivity contribution in [2.24, 2.45) is 4.99 Å². The lowest BCUT2D eigenvalue weighted by atomic mass is 9.80. The third-order valence-corrected chi connectivity index (χ3v) is 13.5. The van der Waals surface area contributed by atoms with Gasteiger partial charge in [0.2, 0.25) is 0 Å². The molecule has 3 aliphatic rings. The summed E-state index contributed by atoms with van der Waals surface area (Å²) >= 11 is 0. The Hall–Kier alpha value is -7.10. The average Bonchev–Trinajstić information content (AvgIpc) is 3.88. The predicted octanol–water partition coefficient (Wildman–Crippen LogP) is 13.9. The summed E-state index contributed by atoms with van der Waals surface area (Å²) in [7, 11) is 0. The summed E-state index contributed by atoms with van der Waals surface area (Å²) in [6.07, 6.45) is 0.937. The second kappa shape index (κ2) is 11.5. The zero-order chi connectivity index (χ0) is 38.3. The summed E-state index contributed by atoms with van der Waals surface area (Å²) < 4.78 is 2.33. The molecule has 10 aromatic rings. The smallest absolute Gasteiger partial charge is 0.146 e. The molecule has 0 saturated heterocycles. The summed E-state index contributed by atoms with van der Waals surface area (Å²) in [5.41, 5.74) is 23.5. The molecule has 272 valence electrons. The number of hydrogen-bond donors (Lipinski definition) is 0. The van der Waals surface area contributed by atoms with Crippen LogP contribution in [0.3, 0.4) is 0 Å². The molecular formula is C55H37N3. The molecule has 58 heavy (non-hydrogen) atoms. The van der Waals surface area contributed by atoms with Gasteiger partial charge in [0.25, 0.3) is 0 Å². The highest BCUT2D eigenvalue weighted by molar-refractivity contribution is 6.16. The fourth-order valence-electron chi connectivity index (χ4n) is 10.6. The standard InChI is InChI=1S/C55H37N3/c1-55(2)47-30-34(32-19-23-37-36(27-32)29-46-42-13-7-8-16-49(42)56-53(46)43-14-5-3-11-38(37)43)20-24-40(47)41-25-21-35(31-48(41)55)33-22-26-51-45(28-33)39-12-4-6-15-44(39)54-57-50-17-9-10-18-52(50)58(51)54/h3-28,30-31,46H,29H2,1-2H3. The molecule has 0 N–H and O–H groups in total. The molecule has 0 spiro atoms. The Labute approximate surface area is 336 Å². The molecule has 0 fully saturated rings. The van der Waals surface area contributed by atoms with E-state index in [1.54, 1.807) is 0 Å². The molecule has 0 bridgehead atoms. The van der Waals surface area contributed by atoms with Crippen molar-refractivity contribution in [1.82, 2.24) is 9.38 Å². The Morgan fingerprint density at radius 3 is 1.93 bits per heavy atom. The van der Waals surface area contributed by atoms with Gasteiger partial charge in [-0.2, -0.15) is 0 Å². The van der Waals surface area contributed by atoms with Gasteiger partial charge < -0.3 is 0 Å². The van der Waals surface area contributed by atoms with E-state index in [4.69, 9.17) is 9.98 Å². The number of benzene rings is 8.